The number of morpholine rings is 1. The standard InChI is InChI=1S/C15H17FN2O3S/c16-12-3-1-11(2-4-12)15-18(14(20)10-22-15)9-13(19)17-5-7-21-8-6-17/h1-4,15H,5-10H2/t15-/m0/s1. The molecule has 2 heterocycles. The van der Waals surface area contributed by atoms with Crippen LogP contribution in [0.4, 0.5) is 4.39 Å². The molecule has 0 aliphatic carbocycles. The molecule has 1 aromatic rings. The lowest BCUT2D eigenvalue weighted by Gasteiger charge is -2.30. The summed E-state index contributed by atoms with van der Waals surface area (Å²) in [6.45, 7) is 2.27. The van der Waals surface area contributed by atoms with E-state index >= 15 is 0 Å². The van der Waals surface area contributed by atoms with Crippen LogP contribution in [0.1, 0.15) is 10.9 Å². The molecule has 0 unspecified atom stereocenters. The number of carbonyl (C=O) groups excluding carboxylic acids is 2. The summed E-state index contributed by atoms with van der Waals surface area (Å²) in [5.74, 6) is -0.0838. The van der Waals surface area contributed by atoms with Crippen molar-refractivity contribution in [3.63, 3.8) is 0 Å². The predicted molar refractivity (Wildman–Crippen MR) is 80.7 cm³/mol. The average Bonchev–Trinajstić information content (AvgIpc) is 2.90. The predicted octanol–water partition coefficient (Wildman–Crippen LogP) is 1.26. The molecule has 7 heteroatoms. The van der Waals surface area contributed by atoms with Gasteiger partial charge in [-0.15, -0.1) is 11.8 Å². The Morgan fingerprint density at radius 1 is 1.27 bits per heavy atom. The van der Waals surface area contributed by atoms with E-state index < -0.39 is 0 Å². The average molecular weight is 324 g/mol. The van der Waals surface area contributed by atoms with E-state index in [1.807, 2.05) is 0 Å². The number of benzene rings is 1. The Morgan fingerprint density at radius 3 is 2.64 bits per heavy atom. The number of hydrogen-bond donors (Lipinski definition) is 0. The molecule has 1 atom stereocenters. The molecule has 22 heavy (non-hydrogen) atoms. The van der Waals surface area contributed by atoms with Gasteiger partial charge >= 0.3 is 0 Å². The fourth-order valence-corrected chi connectivity index (χ4v) is 3.77. The Hall–Kier alpha value is -1.60. The minimum Gasteiger partial charge on any atom is -0.378 e. The largest absolute Gasteiger partial charge is 0.378 e. The van der Waals surface area contributed by atoms with Crippen molar-refractivity contribution in [2.24, 2.45) is 0 Å². The van der Waals surface area contributed by atoms with E-state index in [0.717, 1.165) is 5.56 Å². The van der Waals surface area contributed by atoms with Crippen LogP contribution in [0.3, 0.4) is 0 Å². The molecule has 2 saturated heterocycles. The van der Waals surface area contributed by atoms with Crippen molar-refractivity contribution < 1.29 is 18.7 Å². The number of ether oxygens (including phenoxy) is 1. The van der Waals surface area contributed by atoms with Crippen molar-refractivity contribution >= 4 is 23.6 Å². The van der Waals surface area contributed by atoms with Crippen LogP contribution in [0.25, 0.3) is 0 Å². The van der Waals surface area contributed by atoms with E-state index in [1.54, 1.807) is 21.9 Å². The van der Waals surface area contributed by atoms with Gasteiger partial charge in [0.2, 0.25) is 11.8 Å². The lowest BCUT2D eigenvalue weighted by atomic mass is 10.2. The molecule has 3 rings (SSSR count). The van der Waals surface area contributed by atoms with Crippen molar-refractivity contribution in [1.29, 1.82) is 0 Å². The first kappa shape index (κ1) is 15.3. The highest BCUT2D eigenvalue weighted by Gasteiger charge is 2.35. The Morgan fingerprint density at radius 2 is 1.95 bits per heavy atom. The molecule has 2 aliphatic heterocycles. The molecule has 118 valence electrons. The number of amides is 2. The second kappa shape index (κ2) is 6.66. The summed E-state index contributed by atoms with van der Waals surface area (Å²) < 4.78 is 18.3. The van der Waals surface area contributed by atoms with E-state index in [-0.39, 0.29) is 29.6 Å². The third-order valence-corrected chi connectivity index (χ3v) is 5.05. The highest BCUT2D eigenvalue weighted by Crippen LogP contribution is 2.38. The van der Waals surface area contributed by atoms with Crippen LogP contribution in [-0.4, -0.2) is 60.2 Å². The molecule has 0 saturated carbocycles. The maximum Gasteiger partial charge on any atom is 0.242 e. The monoisotopic (exact) mass is 324 g/mol. The Labute approximate surface area is 132 Å². The fourth-order valence-electron chi connectivity index (χ4n) is 2.59. The SMILES string of the molecule is O=C(CN1C(=O)CS[C@H]1c1ccc(F)cc1)N1CCOCC1. The van der Waals surface area contributed by atoms with Crippen LogP contribution in [-0.2, 0) is 14.3 Å². The van der Waals surface area contributed by atoms with Crippen molar-refractivity contribution in [2.45, 2.75) is 5.37 Å². The molecule has 1 aromatic carbocycles. The zero-order chi connectivity index (χ0) is 15.5. The van der Waals surface area contributed by atoms with Gasteiger partial charge in [0.15, 0.2) is 0 Å². The zero-order valence-electron chi connectivity index (χ0n) is 12.0. The van der Waals surface area contributed by atoms with E-state index in [1.165, 1.54) is 23.9 Å². The lowest BCUT2D eigenvalue weighted by molar-refractivity contribution is -0.141. The third kappa shape index (κ3) is 3.25. The molecule has 0 radical (unpaired) electrons. The van der Waals surface area contributed by atoms with Gasteiger partial charge < -0.3 is 14.5 Å². The van der Waals surface area contributed by atoms with E-state index in [4.69, 9.17) is 4.74 Å². The molecule has 0 bridgehead atoms. The highest BCUT2D eigenvalue weighted by atomic mass is 32.2. The van der Waals surface area contributed by atoms with Gasteiger partial charge in [0, 0.05) is 13.1 Å². The van der Waals surface area contributed by atoms with E-state index in [0.29, 0.717) is 32.1 Å². The van der Waals surface area contributed by atoms with Crippen molar-refractivity contribution in [3.8, 4) is 0 Å². The van der Waals surface area contributed by atoms with Crippen LogP contribution in [0.2, 0.25) is 0 Å². The molecule has 5 nitrogen and oxygen atoms in total. The van der Waals surface area contributed by atoms with Gasteiger partial charge in [-0.05, 0) is 17.7 Å². The first-order chi connectivity index (χ1) is 10.6. The summed E-state index contributed by atoms with van der Waals surface area (Å²) in [6, 6.07) is 6.08. The minimum atomic E-state index is -0.311. The summed E-state index contributed by atoms with van der Waals surface area (Å²) in [6.07, 6.45) is 0. The second-order valence-corrected chi connectivity index (χ2v) is 6.30. The fraction of sp³-hybridized carbons (Fsp3) is 0.467. The first-order valence-electron chi connectivity index (χ1n) is 7.17. The number of hydrogen-bond acceptors (Lipinski definition) is 4. The zero-order valence-corrected chi connectivity index (χ0v) is 12.9. The minimum absolute atomic E-state index is 0.0547. The van der Waals surface area contributed by atoms with Crippen LogP contribution >= 0.6 is 11.8 Å². The summed E-state index contributed by atoms with van der Waals surface area (Å²) >= 11 is 1.46. The van der Waals surface area contributed by atoms with Crippen LogP contribution < -0.4 is 0 Å². The highest BCUT2D eigenvalue weighted by molar-refractivity contribution is 8.00. The van der Waals surface area contributed by atoms with Gasteiger partial charge in [0.05, 0.1) is 19.0 Å². The first-order valence-corrected chi connectivity index (χ1v) is 8.22. The molecular formula is C15H17FN2O3S. The number of carbonyl (C=O) groups is 2. The van der Waals surface area contributed by atoms with Crippen LogP contribution in [0, 0.1) is 5.82 Å². The number of thioether (sulfide) groups is 1. The summed E-state index contributed by atoms with van der Waals surface area (Å²) in [5, 5.41) is -0.224. The van der Waals surface area contributed by atoms with Gasteiger partial charge in [-0.3, -0.25) is 9.59 Å². The van der Waals surface area contributed by atoms with Gasteiger partial charge in [-0.2, -0.15) is 0 Å². The molecule has 0 aromatic heterocycles. The van der Waals surface area contributed by atoms with Crippen LogP contribution in [0.15, 0.2) is 24.3 Å². The van der Waals surface area contributed by atoms with Gasteiger partial charge in [-0.25, -0.2) is 4.39 Å². The Bertz CT molecular complexity index is 560. The topological polar surface area (TPSA) is 49.9 Å². The number of halogens is 1. The molecule has 2 fully saturated rings. The Kier molecular flexibility index (Phi) is 4.63. The van der Waals surface area contributed by atoms with Crippen molar-refractivity contribution in [3.05, 3.63) is 35.6 Å². The normalized spacial score (nSPS) is 22.2. The van der Waals surface area contributed by atoms with E-state index in [9.17, 15) is 14.0 Å². The number of rotatable bonds is 3. The van der Waals surface area contributed by atoms with Gasteiger partial charge in [0.25, 0.3) is 0 Å². The maximum atomic E-state index is 13.0. The smallest absolute Gasteiger partial charge is 0.242 e. The summed E-state index contributed by atoms with van der Waals surface area (Å²) in [4.78, 5) is 27.7. The molecular weight excluding hydrogens is 307 g/mol. The second-order valence-electron chi connectivity index (χ2n) is 5.23. The quantitative estimate of drug-likeness (QED) is 0.840. The molecule has 0 N–H and O–H groups in total. The molecule has 0 spiro atoms. The molecule has 2 amide bonds. The van der Waals surface area contributed by atoms with Crippen LogP contribution in [0.5, 0.6) is 0 Å². The number of nitrogens with zero attached hydrogens (tertiary/aromatic N) is 2. The van der Waals surface area contributed by atoms with Crippen molar-refractivity contribution in [2.75, 3.05) is 38.6 Å². The Balaban J connectivity index is 1.70. The van der Waals surface area contributed by atoms with Crippen molar-refractivity contribution in [1.82, 2.24) is 9.80 Å². The van der Waals surface area contributed by atoms with E-state index in [2.05, 4.69) is 0 Å². The summed E-state index contributed by atoms with van der Waals surface area (Å²) in [5.41, 5.74) is 0.840. The third-order valence-electron chi connectivity index (χ3n) is 3.79. The molecule has 2 aliphatic rings. The summed E-state index contributed by atoms with van der Waals surface area (Å²) in [7, 11) is 0. The lowest BCUT2D eigenvalue weighted by Crippen LogP contribution is -2.46. The van der Waals surface area contributed by atoms with Gasteiger partial charge in [0.1, 0.15) is 17.7 Å². The maximum absolute atomic E-state index is 13.0. The van der Waals surface area contributed by atoms with Gasteiger partial charge in [-0.1, -0.05) is 12.1 Å².